The summed E-state index contributed by atoms with van der Waals surface area (Å²) in [5, 5.41) is 12.2. The van der Waals surface area contributed by atoms with E-state index in [1.165, 1.54) is 12.1 Å². The lowest BCUT2D eigenvalue weighted by atomic mass is 10.1. The van der Waals surface area contributed by atoms with Crippen molar-refractivity contribution in [3.63, 3.8) is 0 Å². The Hall–Kier alpha value is -1.47. The second-order valence-corrected chi connectivity index (χ2v) is 7.00. The highest BCUT2D eigenvalue weighted by Crippen LogP contribution is 2.20. The summed E-state index contributed by atoms with van der Waals surface area (Å²) in [6.45, 7) is 3.45. The summed E-state index contributed by atoms with van der Waals surface area (Å²) < 4.78 is 12.9. The molecule has 2 heterocycles. The number of rotatable bonds is 5. The molecule has 1 atom stereocenters. The van der Waals surface area contributed by atoms with Crippen LogP contribution in [-0.2, 0) is 11.2 Å². The number of aliphatic hydroxyl groups is 1. The average Bonchev–Trinajstić information content (AvgIpc) is 3.12. The first kappa shape index (κ1) is 19.8. The summed E-state index contributed by atoms with van der Waals surface area (Å²) in [7, 11) is 0. The Balaban J connectivity index is 0.00000225. The number of amides is 1. The van der Waals surface area contributed by atoms with Crippen molar-refractivity contribution in [3.05, 3.63) is 58.0 Å². The van der Waals surface area contributed by atoms with Gasteiger partial charge in [0.25, 0.3) is 0 Å². The number of carbonyl (C=O) groups excluding carboxylic acids is 1. The normalized spacial score (nSPS) is 16.3. The van der Waals surface area contributed by atoms with E-state index in [1.54, 1.807) is 23.5 Å². The Morgan fingerprint density at radius 3 is 2.44 bits per heavy atom. The molecule has 1 amide bonds. The lowest BCUT2D eigenvalue weighted by Crippen LogP contribution is -2.49. The maximum Gasteiger partial charge on any atom is 0.227 e. The molecule has 2 aromatic rings. The lowest BCUT2D eigenvalue weighted by Gasteiger charge is -2.35. The van der Waals surface area contributed by atoms with Gasteiger partial charge in [0.1, 0.15) is 11.9 Å². The number of thiophene rings is 1. The first-order valence-electron chi connectivity index (χ1n) is 8.08. The topological polar surface area (TPSA) is 43.8 Å². The van der Waals surface area contributed by atoms with Crippen molar-refractivity contribution in [1.82, 2.24) is 9.80 Å². The molecule has 1 saturated heterocycles. The number of carbonyl (C=O) groups is 1. The fourth-order valence-electron chi connectivity index (χ4n) is 2.88. The summed E-state index contributed by atoms with van der Waals surface area (Å²) >= 11 is 1.56. The van der Waals surface area contributed by atoms with Gasteiger partial charge in [-0.15, -0.1) is 23.7 Å². The Kier molecular flexibility index (Phi) is 7.38. The SMILES string of the molecule is Cl.O=C(Cc1ccc(F)cc1)N1CCN(CC(O)c2cccs2)CC1. The quantitative estimate of drug-likeness (QED) is 0.862. The first-order chi connectivity index (χ1) is 11.6. The molecule has 25 heavy (non-hydrogen) atoms. The number of nitrogens with zero attached hydrogens (tertiary/aromatic N) is 2. The van der Waals surface area contributed by atoms with E-state index in [-0.39, 0.29) is 24.1 Å². The number of hydrogen-bond donors (Lipinski definition) is 1. The van der Waals surface area contributed by atoms with Crippen molar-refractivity contribution in [2.75, 3.05) is 32.7 Å². The lowest BCUT2D eigenvalue weighted by molar-refractivity contribution is -0.132. The van der Waals surface area contributed by atoms with Crippen molar-refractivity contribution in [1.29, 1.82) is 0 Å². The van der Waals surface area contributed by atoms with E-state index in [2.05, 4.69) is 4.90 Å². The van der Waals surface area contributed by atoms with Crippen molar-refractivity contribution < 1.29 is 14.3 Å². The Morgan fingerprint density at radius 2 is 1.84 bits per heavy atom. The molecule has 3 rings (SSSR count). The third-order valence-corrected chi connectivity index (χ3v) is 5.27. The van der Waals surface area contributed by atoms with E-state index in [0.717, 1.165) is 23.5 Å². The maximum absolute atomic E-state index is 12.9. The van der Waals surface area contributed by atoms with Crippen LogP contribution in [0, 0.1) is 5.82 Å². The fourth-order valence-corrected chi connectivity index (χ4v) is 3.59. The van der Waals surface area contributed by atoms with Gasteiger partial charge in [0.2, 0.25) is 5.91 Å². The molecule has 0 saturated carbocycles. The van der Waals surface area contributed by atoms with Crippen molar-refractivity contribution in [2.45, 2.75) is 12.5 Å². The molecule has 0 bridgehead atoms. The molecule has 7 heteroatoms. The number of hydrogen-bond acceptors (Lipinski definition) is 4. The van der Waals surface area contributed by atoms with Gasteiger partial charge in [0.15, 0.2) is 0 Å². The van der Waals surface area contributed by atoms with Crippen molar-refractivity contribution >= 4 is 29.7 Å². The van der Waals surface area contributed by atoms with Gasteiger partial charge in [-0.2, -0.15) is 0 Å². The second kappa shape index (κ2) is 9.29. The minimum absolute atomic E-state index is 0. The molecule has 1 N–H and O–H groups in total. The summed E-state index contributed by atoms with van der Waals surface area (Å²) in [5.41, 5.74) is 0.831. The van der Waals surface area contributed by atoms with Gasteiger partial charge in [-0.1, -0.05) is 18.2 Å². The Labute approximate surface area is 157 Å². The van der Waals surface area contributed by atoms with Gasteiger partial charge < -0.3 is 10.0 Å². The number of halogens is 2. The van der Waals surface area contributed by atoms with Gasteiger partial charge >= 0.3 is 0 Å². The number of aliphatic hydroxyl groups excluding tert-OH is 1. The summed E-state index contributed by atoms with van der Waals surface area (Å²) in [5.74, 6) is -0.218. The van der Waals surface area contributed by atoms with Crippen LogP contribution in [0.4, 0.5) is 4.39 Å². The molecule has 0 spiro atoms. The van der Waals surface area contributed by atoms with Gasteiger partial charge in [0.05, 0.1) is 6.42 Å². The summed E-state index contributed by atoms with van der Waals surface area (Å²) in [6.07, 6.45) is -0.163. The van der Waals surface area contributed by atoms with Crippen LogP contribution in [0.15, 0.2) is 41.8 Å². The smallest absolute Gasteiger partial charge is 0.227 e. The molecule has 1 aromatic carbocycles. The van der Waals surface area contributed by atoms with E-state index in [9.17, 15) is 14.3 Å². The molecular formula is C18H22ClFN2O2S. The predicted molar refractivity (Wildman–Crippen MR) is 99.7 cm³/mol. The zero-order valence-electron chi connectivity index (χ0n) is 13.8. The second-order valence-electron chi connectivity index (χ2n) is 6.02. The summed E-state index contributed by atoms with van der Waals surface area (Å²) in [6, 6.07) is 9.95. The van der Waals surface area contributed by atoms with Crippen LogP contribution in [0.2, 0.25) is 0 Å². The molecule has 1 aliphatic rings. The third kappa shape index (κ3) is 5.51. The molecule has 1 aliphatic heterocycles. The highest BCUT2D eigenvalue weighted by Gasteiger charge is 2.23. The van der Waals surface area contributed by atoms with Gasteiger partial charge in [-0.25, -0.2) is 4.39 Å². The molecule has 1 aromatic heterocycles. The van der Waals surface area contributed by atoms with Crippen LogP contribution in [0.3, 0.4) is 0 Å². The molecule has 1 fully saturated rings. The van der Waals surface area contributed by atoms with E-state index in [4.69, 9.17) is 0 Å². The van der Waals surface area contributed by atoms with Gasteiger partial charge in [0, 0.05) is 37.6 Å². The van der Waals surface area contributed by atoms with E-state index in [1.807, 2.05) is 22.4 Å². The van der Waals surface area contributed by atoms with Crippen LogP contribution < -0.4 is 0 Å². The molecule has 136 valence electrons. The zero-order chi connectivity index (χ0) is 16.9. The minimum atomic E-state index is -0.466. The van der Waals surface area contributed by atoms with E-state index < -0.39 is 6.10 Å². The van der Waals surface area contributed by atoms with E-state index >= 15 is 0 Å². The first-order valence-corrected chi connectivity index (χ1v) is 8.96. The number of β-amino-alcohol motifs (C(OH)–C–C–N with tert-alkyl or cyclic N) is 1. The fraction of sp³-hybridized carbons (Fsp3) is 0.389. The van der Waals surface area contributed by atoms with Gasteiger partial charge in [-0.05, 0) is 29.1 Å². The van der Waals surface area contributed by atoms with Crippen LogP contribution in [0.5, 0.6) is 0 Å². The molecule has 0 aliphatic carbocycles. The monoisotopic (exact) mass is 384 g/mol. The van der Waals surface area contributed by atoms with Crippen molar-refractivity contribution in [3.8, 4) is 0 Å². The average molecular weight is 385 g/mol. The highest BCUT2D eigenvalue weighted by molar-refractivity contribution is 7.10. The minimum Gasteiger partial charge on any atom is -0.386 e. The molecule has 4 nitrogen and oxygen atoms in total. The Bertz CT molecular complexity index is 658. The van der Waals surface area contributed by atoms with Crippen LogP contribution in [0.1, 0.15) is 16.5 Å². The number of benzene rings is 1. The zero-order valence-corrected chi connectivity index (χ0v) is 15.4. The Morgan fingerprint density at radius 1 is 1.16 bits per heavy atom. The molecule has 1 unspecified atom stereocenters. The molecular weight excluding hydrogens is 363 g/mol. The summed E-state index contributed by atoms with van der Waals surface area (Å²) in [4.78, 5) is 17.3. The number of piperazine rings is 1. The largest absolute Gasteiger partial charge is 0.386 e. The highest BCUT2D eigenvalue weighted by atomic mass is 35.5. The van der Waals surface area contributed by atoms with Crippen LogP contribution >= 0.6 is 23.7 Å². The maximum atomic E-state index is 12.9. The van der Waals surface area contributed by atoms with Crippen LogP contribution in [0.25, 0.3) is 0 Å². The predicted octanol–water partition coefficient (Wildman–Crippen LogP) is 2.73. The van der Waals surface area contributed by atoms with E-state index in [0.29, 0.717) is 26.1 Å². The third-order valence-electron chi connectivity index (χ3n) is 4.30. The molecule has 0 radical (unpaired) electrons. The standard InChI is InChI=1S/C18H21FN2O2S.ClH/c19-15-5-3-14(4-6-15)12-18(23)21-9-7-20(8-10-21)13-16(22)17-2-1-11-24-17;/h1-6,11,16,22H,7-10,12-13H2;1H. The van der Waals surface area contributed by atoms with Crippen molar-refractivity contribution in [2.24, 2.45) is 0 Å². The van der Waals surface area contributed by atoms with Gasteiger partial charge in [-0.3, -0.25) is 9.69 Å². The van der Waals surface area contributed by atoms with Crippen LogP contribution in [-0.4, -0.2) is 53.5 Å².